The van der Waals surface area contributed by atoms with Gasteiger partial charge in [0.15, 0.2) is 0 Å². The molecule has 8 atom stereocenters. The second kappa shape index (κ2) is 28.1. The van der Waals surface area contributed by atoms with Gasteiger partial charge in [-0.2, -0.15) is 0 Å². The Bertz CT molecular complexity index is 2420. The number of aromatic hydroxyl groups is 2. The van der Waals surface area contributed by atoms with Gasteiger partial charge in [-0.15, -0.1) is 0 Å². The van der Waals surface area contributed by atoms with Gasteiger partial charge in [-0.1, -0.05) is 68.4 Å². The molecule has 0 aromatic heterocycles. The molecule has 0 spiro atoms. The molecule has 1 aliphatic heterocycles. The number of carbonyl (C=O) groups is 10. The number of aliphatic hydroxyl groups is 1. The summed E-state index contributed by atoms with van der Waals surface area (Å²) in [6.07, 6.45) is 0.173. The van der Waals surface area contributed by atoms with Crippen molar-refractivity contribution in [1.29, 1.82) is 0 Å². The number of phenols is 2. The molecule has 3 aromatic rings. The summed E-state index contributed by atoms with van der Waals surface area (Å²) in [6.45, 7) is 3.11. The van der Waals surface area contributed by atoms with Crippen LogP contribution < -0.4 is 53.6 Å². The van der Waals surface area contributed by atoms with Crippen molar-refractivity contribution in [2.75, 3.05) is 19.7 Å². The average Bonchev–Trinajstić information content (AvgIpc) is 3.90. The third kappa shape index (κ3) is 18.9. The molecule has 9 amide bonds. The summed E-state index contributed by atoms with van der Waals surface area (Å²) in [5.41, 5.74) is 7.08. The van der Waals surface area contributed by atoms with E-state index in [0.717, 1.165) is 6.42 Å². The van der Waals surface area contributed by atoms with Gasteiger partial charge in [0.25, 0.3) is 0 Å². The van der Waals surface area contributed by atoms with Crippen LogP contribution in [0.4, 0.5) is 0 Å². The second-order valence-electron chi connectivity index (χ2n) is 17.8. The zero-order valence-corrected chi connectivity index (χ0v) is 40.5. The Morgan fingerprint density at radius 3 is 1.58 bits per heavy atom. The van der Waals surface area contributed by atoms with E-state index >= 15 is 0 Å². The van der Waals surface area contributed by atoms with Crippen molar-refractivity contribution in [2.45, 2.75) is 108 Å². The van der Waals surface area contributed by atoms with Gasteiger partial charge in [-0.05, 0) is 73.2 Å². The van der Waals surface area contributed by atoms with Gasteiger partial charge in [-0.25, -0.2) is 0 Å². The molecule has 0 saturated carbocycles. The Kier molecular flexibility index (Phi) is 22.1. The Balaban J connectivity index is 1.47. The summed E-state index contributed by atoms with van der Waals surface area (Å²) in [6, 6.07) is 9.37. The summed E-state index contributed by atoms with van der Waals surface area (Å²) in [7, 11) is 0. The quantitative estimate of drug-likeness (QED) is 0.0362. The number of hydrogen-bond donors (Lipinski definition) is 14. The lowest BCUT2D eigenvalue weighted by atomic mass is 9.99. The van der Waals surface area contributed by atoms with Gasteiger partial charge in [0, 0.05) is 19.3 Å². The highest BCUT2D eigenvalue weighted by atomic mass is 16.4. The maximum Gasteiger partial charge on any atom is 0.325 e. The van der Waals surface area contributed by atoms with Gasteiger partial charge in [0.2, 0.25) is 53.2 Å². The zero-order chi connectivity index (χ0) is 53.8. The summed E-state index contributed by atoms with van der Waals surface area (Å²) in [4.78, 5) is 132. The summed E-state index contributed by atoms with van der Waals surface area (Å²) in [5.74, 6) is -10.3. The van der Waals surface area contributed by atoms with Crippen LogP contribution in [0.2, 0.25) is 0 Å². The first kappa shape index (κ1) is 57.5. The molecule has 0 aliphatic carbocycles. The number of carboxylic acid groups (broad SMARTS) is 1. The molecule has 1 saturated heterocycles. The lowest BCUT2D eigenvalue weighted by molar-refractivity contribution is -0.141. The third-order valence-electron chi connectivity index (χ3n) is 11.6. The number of nitrogens with two attached hydrogens (primary N) is 1. The van der Waals surface area contributed by atoms with Crippen LogP contribution in [0.5, 0.6) is 11.5 Å². The molecule has 1 fully saturated rings. The molecule has 15 N–H and O–H groups in total. The maximum atomic E-state index is 14.3. The largest absolute Gasteiger partial charge is 0.508 e. The Morgan fingerprint density at radius 1 is 0.589 bits per heavy atom. The molecule has 0 radical (unpaired) electrons. The number of phenolic OH excluding ortho intramolecular Hbond substituents is 2. The Labute approximate surface area is 420 Å². The number of aliphatic carboxylic acids is 1. The minimum atomic E-state index is -1.79. The topological polar surface area (TPSA) is 386 Å². The van der Waals surface area contributed by atoms with Gasteiger partial charge >= 0.3 is 5.97 Å². The number of rotatable bonds is 27. The number of carbonyl (C=O) groups excluding carboxylic acids is 9. The lowest BCUT2D eigenvalue weighted by Gasteiger charge is -2.28. The van der Waals surface area contributed by atoms with Crippen molar-refractivity contribution in [3.05, 3.63) is 95.6 Å². The number of benzene rings is 3. The van der Waals surface area contributed by atoms with Crippen LogP contribution in [0.1, 0.15) is 56.7 Å². The molecule has 0 unspecified atom stereocenters. The van der Waals surface area contributed by atoms with Gasteiger partial charge < -0.3 is 74.0 Å². The highest BCUT2D eigenvalue weighted by Crippen LogP contribution is 2.16. The normalized spacial score (nSPS) is 15.9. The molecule has 73 heavy (non-hydrogen) atoms. The number of primary amides is 1. The van der Waals surface area contributed by atoms with E-state index < -0.39 is 133 Å². The molecule has 1 aliphatic rings. The van der Waals surface area contributed by atoms with Gasteiger partial charge in [-0.3, -0.25) is 47.9 Å². The van der Waals surface area contributed by atoms with Crippen LogP contribution in [0, 0.1) is 5.92 Å². The van der Waals surface area contributed by atoms with E-state index in [-0.39, 0.29) is 30.8 Å². The summed E-state index contributed by atoms with van der Waals surface area (Å²) in [5, 5.41) is 61.7. The predicted octanol–water partition coefficient (Wildman–Crippen LogP) is -2.98. The first-order chi connectivity index (χ1) is 34.6. The highest BCUT2D eigenvalue weighted by molar-refractivity contribution is 5.99. The zero-order valence-electron chi connectivity index (χ0n) is 40.5. The predicted molar refractivity (Wildman–Crippen MR) is 260 cm³/mol. The molecule has 0 bridgehead atoms. The Morgan fingerprint density at radius 2 is 1.07 bits per heavy atom. The van der Waals surface area contributed by atoms with Crippen molar-refractivity contribution in [2.24, 2.45) is 11.7 Å². The van der Waals surface area contributed by atoms with Crippen LogP contribution >= 0.6 is 0 Å². The fraction of sp³-hybridized carbons (Fsp3) is 0.429. The molecule has 24 heteroatoms. The molecular weight excluding hydrogens is 953 g/mol. The Hall–Kier alpha value is -8.12. The first-order valence-electron chi connectivity index (χ1n) is 23.5. The van der Waals surface area contributed by atoms with E-state index in [2.05, 4.69) is 47.9 Å². The van der Waals surface area contributed by atoms with Crippen molar-refractivity contribution in [3.8, 4) is 11.5 Å². The van der Waals surface area contributed by atoms with Gasteiger partial charge in [0.05, 0.1) is 25.6 Å². The van der Waals surface area contributed by atoms with E-state index in [1.165, 1.54) is 43.3 Å². The van der Waals surface area contributed by atoms with Crippen LogP contribution in [-0.4, -0.2) is 148 Å². The average molecular weight is 1020 g/mol. The molecule has 24 nitrogen and oxygen atoms in total. The highest BCUT2D eigenvalue weighted by Gasteiger charge is 2.35. The monoisotopic (exact) mass is 1020 g/mol. The number of hydrogen-bond acceptors (Lipinski definition) is 14. The maximum absolute atomic E-state index is 14.3. The SMILES string of the molecule is CC(C)[C@H](NC(=O)[C@H](Cc1ccc(O)cc1)NC(=O)[C@H](Cc1ccc(O)cc1)NC(=O)[C@@H]1CCCN1)C(=O)N[C@@H](CC(N)=O)C(=O)N[C@@H](CO)C(=O)NCC(=O)N[C@@H](Cc1ccccc1)C(=O)N[C@@H](C)C(=O)O. The molecule has 3 aromatic carbocycles. The van der Waals surface area contributed by atoms with Gasteiger partial charge in [0.1, 0.15) is 53.8 Å². The minimum absolute atomic E-state index is 0.0249. The molecule has 1 heterocycles. The van der Waals surface area contributed by atoms with E-state index in [1.54, 1.807) is 56.3 Å². The first-order valence-corrected chi connectivity index (χ1v) is 23.5. The van der Waals surface area contributed by atoms with Crippen LogP contribution in [-0.2, 0) is 67.2 Å². The lowest BCUT2D eigenvalue weighted by Crippen LogP contribution is -2.61. The van der Waals surface area contributed by atoms with Crippen molar-refractivity contribution in [1.82, 2.24) is 47.9 Å². The fourth-order valence-corrected chi connectivity index (χ4v) is 7.50. The number of nitrogens with one attached hydrogen (secondary N) is 9. The number of carboxylic acids is 1. The van der Waals surface area contributed by atoms with E-state index in [9.17, 15) is 68.4 Å². The summed E-state index contributed by atoms with van der Waals surface area (Å²) < 4.78 is 0. The fourth-order valence-electron chi connectivity index (χ4n) is 7.50. The van der Waals surface area contributed by atoms with E-state index in [1.807, 2.05) is 0 Å². The summed E-state index contributed by atoms with van der Waals surface area (Å²) >= 11 is 0. The van der Waals surface area contributed by atoms with E-state index in [0.29, 0.717) is 29.7 Å². The van der Waals surface area contributed by atoms with Crippen LogP contribution in [0.3, 0.4) is 0 Å². The van der Waals surface area contributed by atoms with Crippen LogP contribution in [0.15, 0.2) is 78.9 Å². The second-order valence-corrected chi connectivity index (χ2v) is 17.8. The smallest absolute Gasteiger partial charge is 0.325 e. The number of amides is 9. The standard InChI is InChI=1S/C49H64N10O14/c1-26(2)41(59-47(70)36(22-30-13-17-32(62)18-14-30)56-45(68)35(21-29-11-15-31(61)16-12-29)55-43(66)33-10-7-19-51-33)48(71)57-37(23-39(50)63)46(69)58-38(25-60)42(65)52-24-40(64)54-34(20-28-8-5-4-6-9-28)44(67)53-27(3)49(72)73/h4-6,8-9,11-18,26-27,33-38,41,51,60-62H,7,10,19-25H2,1-3H3,(H2,50,63)(H,52,65)(H,53,67)(H,54,64)(H,55,66)(H,56,68)(H,57,71)(H,58,69)(H,59,70)(H,72,73)/t27-,33-,34-,35-,36-,37-,38-,41-/m0/s1. The van der Waals surface area contributed by atoms with Crippen molar-refractivity contribution < 1.29 is 68.4 Å². The van der Waals surface area contributed by atoms with Crippen LogP contribution in [0.25, 0.3) is 0 Å². The minimum Gasteiger partial charge on any atom is -0.508 e. The molecular formula is C49H64N10O14. The number of aliphatic hydroxyl groups excluding tert-OH is 1. The van der Waals surface area contributed by atoms with Crippen molar-refractivity contribution >= 4 is 59.1 Å². The third-order valence-corrected chi connectivity index (χ3v) is 11.6. The molecule has 4 rings (SSSR count). The molecule has 394 valence electrons. The van der Waals surface area contributed by atoms with E-state index in [4.69, 9.17) is 5.73 Å². The van der Waals surface area contributed by atoms with Crippen molar-refractivity contribution in [3.63, 3.8) is 0 Å².